The van der Waals surface area contributed by atoms with Gasteiger partial charge in [-0.05, 0) is 0 Å². The van der Waals surface area contributed by atoms with Crippen molar-refractivity contribution in [3.63, 3.8) is 0 Å². The van der Waals surface area contributed by atoms with Gasteiger partial charge in [0.2, 0.25) is 0 Å². The number of terminal acetylenes is 1. The normalized spacial score (nSPS) is 6.00. The molecule has 0 atom stereocenters. The molecule has 1 N–H and O–H groups in total. The van der Waals surface area contributed by atoms with E-state index in [9.17, 15) is 0 Å². The fourth-order valence-corrected chi connectivity index (χ4v) is 0.256. The van der Waals surface area contributed by atoms with Gasteiger partial charge >= 0.3 is 74.7 Å². The first-order chi connectivity index (χ1) is 6.91. The number of rotatable bonds is 0. The van der Waals surface area contributed by atoms with Crippen LogP contribution >= 0.6 is 0 Å². The molecule has 0 aliphatic carbocycles. The van der Waals surface area contributed by atoms with Crippen molar-refractivity contribution < 1.29 is 2.78 Å². The van der Waals surface area contributed by atoms with E-state index < -0.39 is 0 Å². The summed E-state index contributed by atoms with van der Waals surface area (Å²) in [6, 6.07) is 0. The summed E-state index contributed by atoms with van der Waals surface area (Å²) < 4.78 is 12.8. The molecule has 50 valence electrons. The van der Waals surface area contributed by atoms with E-state index in [-0.39, 0.29) is 0 Å². The molecule has 0 rings (SSSR count). The first kappa shape index (κ1) is 6.38. The first-order valence-corrected chi connectivity index (χ1v) is 2.80. The zero-order valence-corrected chi connectivity index (χ0v) is 6.02. The van der Waals surface area contributed by atoms with Gasteiger partial charge in [-0.1, -0.05) is 0 Å². The first-order valence-electron chi connectivity index (χ1n) is 3.74. The van der Waals surface area contributed by atoms with Gasteiger partial charge in [-0.3, -0.25) is 0 Å². The molecule has 0 aliphatic rings. The van der Waals surface area contributed by atoms with E-state index in [4.69, 9.17) is 2.78 Å². The van der Waals surface area contributed by atoms with Gasteiger partial charge in [-0.25, -0.2) is 0 Å². The van der Waals surface area contributed by atoms with Crippen molar-refractivity contribution in [3.8, 4) is 59.6 Å². The van der Waals surface area contributed by atoms with Gasteiger partial charge in [0.15, 0.2) is 0 Å². The zero-order chi connectivity index (χ0) is 10.5. The summed E-state index contributed by atoms with van der Waals surface area (Å²) in [7, 11) is 1.12. The Kier molecular flexibility index (Phi) is 4.61. The Balaban J connectivity index is 4.12. The van der Waals surface area contributed by atoms with Crippen LogP contribution in [0.1, 0.15) is 1.37 Å². The molecule has 0 aliphatic heterocycles. The second kappa shape index (κ2) is 8.66. The summed E-state index contributed by atoms with van der Waals surface area (Å²) in [4.78, 5) is 0. The molecular weight excluding hydrogens is 145 g/mol. The zero-order valence-electron chi connectivity index (χ0n) is 8.02. The monoisotopic (exact) mass is 151 g/mol. The molecule has 0 aromatic carbocycles. The van der Waals surface area contributed by atoms with Crippen LogP contribution < -0.4 is 0 Å². The molecular formula is C10H2BN. The molecule has 0 amide bonds. The van der Waals surface area contributed by atoms with Crippen LogP contribution in [0.15, 0.2) is 0 Å². The van der Waals surface area contributed by atoms with Gasteiger partial charge in [0.05, 0.1) is 0 Å². The molecule has 0 saturated heterocycles. The van der Waals surface area contributed by atoms with Gasteiger partial charge in [-0.2, -0.15) is 0 Å². The molecule has 2 heteroatoms. The second-order valence-electron chi connectivity index (χ2n) is 1.27. The molecule has 0 heterocycles. The Labute approximate surface area is 75.6 Å². The van der Waals surface area contributed by atoms with Gasteiger partial charge in [0.25, 0.3) is 0 Å². The second-order valence-corrected chi connectivity index (χ2v) is 1.27. The molecule has 0 unspecified atom stereocenters. The topological polar surface area (TPSA) is 23.9 Å². The van der Waals surface area contributed by atoms with Crippen molar-refractivity contribution in [1.82, 2.24) is 0 Å². The molecule has 0 radical (unpaired) electrons. The Morgan fingerprint density at radius 1 is 1.08 bits per heavy atom. The average Bonchev–Trinajstić information content (AvgIpc) is 2.21. The summed E-state index contributed by atoms with van der Waals surface area (Å²) in [5, 5.41) is 2.90. The quantitative estimate of drug-likeness (QED) is 0.373. The molecule has 0 fully saturated rings. The van der Waals surface area contributed by atoms with E-state index in [2.05, 4.69) is 58.5 Å². The fraction of sp³-hybridized carbons (Fsp3) is 0. The Morgan fingerprint density at radius 3 is 2.42 bits per heavy atom. The van der Waals surface area contributed by atoms with Crippen molar-refractivity contribution >= 4 is 7.07 Å². The Morgan fingerprint density at radius 2 is 1.75 bits per heavy atom. The van der Waals surface area contributed by atoms with Crippen LogP contribution in [0.2, 0.25) is 1.41 Å². The summed E-state index contributed by atoms with van der Waals surface area (Å²) in [6.45, 7) is 0. The number of hydrogen-bond acceptors (Lipinski definition) is 1. The third kappa shape index (κ3) is 7.66. The van der Waals surface area contributed by atoms with E-state index in [0.29, 0.717) is 0 Å². The van der Waals surface area contributed by atoms with Gasteiger partial charge in [0.1, 0.15) is 0 Å². The fourth-order valence-electron chi connectivity index (χ4n) is 0.256. The van der Waals surface area contributed by atoms with Gasteiger partial charge in [0, 0.05) is 0 Å². The van der Waals surface area contributed by atoms with Crippen LogP contribution in [0.3, 0.4) is 0 Å². The summed E-state index contributed by atoms with van der Waals surface area (Å²) >= 11 is 0. The van der Waals surface area contributed by atoms with Crippen LogP contribution in [0.5, 0.6) is 0 Å². The van der Waals surface area contributed by atoms with Crippen molar-refractivity contribution in [2.75, 3.05) is 0 Å². The van der Waals surface area contributed by atoms with E-state index >= 15 is 0 Å². The van der Waals surface area contributed by atoms with Crippen molar-refractivity contribution in [2.45, 2.75) is 0 Å². The minimum absolute atomic E-state index is 1.12. The van der Waals surface area contributed by atoms with E-state index in [1.165, 1.54) is 0 Å². The summed E-state index contributed by atoms with van der Waals surface area (Å²) in [5.41, 5.74) is 0. The van der Waals surface area contributed by atoms with Gasteiger partial charge in [-0.15, -0.1) is 0 Å². The number of hydrogen-bond donors (Lipinski definition) is 1. The molecule has 12 heavy (non-hydrogen) atoms. The molecule has 0 aromatic rings. The van der Waals surface area contributed by atoms with Crippen LogP contribution in [0.4, 0.5) is 0 Å². The standard InChI is InChI=1S/C10H2BN/c1-2-3-4-5-6-7-8-9-10-11-12/h1,12H/i1T,12T. The molecule has 1 nitrogen and oxygen atoms in total. The third-order valence-electron chi connectivity index (χ3n) is 0.574. The molecule has 0 saturated carbocycles. The Bertz CT molecular complexity index is 507. The third-order valence-corrected chi connectivity index (χ3v) is 0.574. The molecule has 0 aromatic heterocycles. The number of nitrogens with one attached hydrogen (secondary N) is 1. The maximum atomic E-state index is 6.43. The minimum atomic E-state index is 1.12. The molecule has 0 bridgehead atoms. The maximum absolute atomic E-state index is 6.43. The predicted octanol–water partition coefficient (Wildman–Crippen LogP) is 0.0573. The summed E-state index contributed by atoms with van der Waals surface area (Å²) in [6.07, 6.45) is 1.86. The van der Waals surface area contributed by atoms with E-state index in [1.807, 2.05) is 6.40 Å². The van der Waals surface area contributed by atoms with E-state index in [1.54, 1.807) is 0 Å². The average molecular weight is 151 g/mol. The van der Waals surface area contributed by atoms with Crippen LogP contribution in [-0.2, 0) is 0 Å². The van der Waals surface area contributed by atoms with Gasteiger partial charge < -0.3 is 0 Å². The van der Waals surface area contributed by atoms with Crippen LogP contribution in [-0.4, -0.2) is 7.07 Å². The van der Waals surface area contributed by atoms with Crippen molar-refractivity contribution in [3.05, 3.63) is 0 Å². The van der Waals surface area contributed by atoms with Crippen molar-refractivity contribution in [1.29, 1.82) is 5.31 Å². The Hall–Kier alpha value is -2.34. The summed E-state index contributed by atoms with van der Waals surface area (Å²) in [5.74, 6) is 21.3. The molecule has 0 spiro atoms. The van der Waals surface area contributed by atoms with Crippen LogP contribution in [0.25, 0.3) is 0 Å². The van der Waals surface area contributed by atoms with Crippen molar-refractivity contribution in [2.24, 2.45) is 0 Å². The SMILES string of the molecule is [3H]C#CC#CC#CC#CC#CB=N[3H]. The van der Waals surface area contributed by atoms with E-state index in [0.717, 1.165) is 7.07 Å². The predicted molar refractivity (Wildman–Crippen MR) is 48.4 cm³/mol. The van der Waals surface area contributed by atoms with Crippen LogP contribution in [0, 0.1) is 64.9 Å².